The molecule has 0 spiro atoms. The molecule has 2 aromatic rings. The number of aryl methyl sites for hydroxylation is 1. The van der Waals surface area contributed by atoms with Crippen molar-refractivity contribution in [1.82, 2.24) is 9.80 Å². The second-order valence-corrected chi connectivity index (χ2v) is 6.87. The van der Waals surface area contributed by atoms with Crippen LogP contribution in [0.2, 0.25) is 0 Å². The van der Waals surface area contributed by atoms with Gasteiger partial charge in [0.2, 0.25) is 5.91 Å². The molecule has 0 bridgehead atoms. The van der Waals surface area contributed by atoms with Gasteiger partial charge in [0.1, 0.15) is 5.82 Å². The van der Waals surface area contributed by atoms with Gasteiger partial charge in [-0.1, -0.05) is 18.2 Å². The second kappa shape index (κ2) is 8.76. The first kappa shape index (κ1) is 19.0. The van der Waals surface area contributed by atoms with Crippen LogP contribution in [-0.2, 0) is 11.3 Å². The minimum absolute atomic E-state index is 0.126. The summed E-state index contributed by atoms with van der Waals surface area (Å²) >= 11 is 0. The Labute approximate surface area is 159 Å². The number of hydrogen-bond donors (Lipinski definition) is 1. The highest BCUT2D eigenvalue weighted by atomic mass is 19.1. The maximum Gasteiger partial charge on any atom is 0.238 e. The first-order valence-corrected chi connectivity index (χ1v) is 9.03. The number of nitrogens with zero attached hydrogens (tertiary/aromatic N) is 3. The van der Waals surface area contributed by atoms with Crippen LogP contribution in [0, 0.1) is 24.1 Å². The lowest BCUT2D eigenvalue weighted by molar-refractivity contribution is -0.117. The van der Waals surface area contributed by atoms with Crippen LogP contribution >= 0.6 is 0 Å². The lowest BCUT2D eigenvalue weighted by Crippen LogP contribution is -2.48. The third-order valence-corrected chi connectivity index (χ3v) is 4.78. The number of nitriles is 1. The molecule has 6 heteroatoms. The van der Waals surface area contributed by atoms with E-state index in [0.717, 1.165) is 32.7 Å². The normalized spacial score (nSPS) is 15.3. The third-order valence-electron chi connectivity index (χ3n) is 4.78. The Morgan fingerprint density at radius 1 is 1.11 bits per heavy atom. The van der Waals surface area contributed by atoms with Crippen LogP contribution in [0.4, 0.5) is 10.1 Å². The average molecular weight is 366 g/mol. The molecule has 1 saturated heterocycles. The summed E-state index contributed by atoms with van der Waals surface area (Å²) in [5.41, 5.74) is 2.90. The molecule has 3 rings (SSSR count). The molecule has 27 heavy (non-hydrogen) atoms. The van der Waals surface area contributed by atoms with E-state index in [2.05, 4.69) is 21.2 Å². The van der Waals surface area contributed by atoms with E-state index in [1.165, 1.54) is 11.6 Å². The van der Waals surface area contributed by atoms with Gasteiger partial charge in [0, 0.05) is 38.4 Å². The molecule has 140 valence electrons. The molecule has 1 aliphatic heterocycles. The van der Waals surface area contributed by atoms with Gasteiger partial charge in [-0.15, -0.1) is 0 Å². The fourth-order valence-corrected chi connectivity index (χ4v) is 3.12. The summed E-state index contributed by atoms with van der Waals surface area (Å²) in [7, 11) is 0. The second-order valence-electron chi connectivity index (χ2n) is 6.87. The van der Waals surface area contributed by atoms with Crippen molar-refractivity contribution in [1.29, 1.82) is 5.26 Å². The molecule has 0 unspecified atom stereocenters. The molecule has 2 aromatic carbocycles. The summed E-state index contributed by atoms with van der Waals surface area (Å²) in [6.07, 6.45) is 0. The summed E-state index contributed by atoms with van der Waals surface area (Å²) in [5.74, 6) is -0.442. The minimum atomic E-state index is -0.316. The highest BCUT2D eigenvalue weighted by Crippen LogP contribution is 2.14. The standard InChI is InChI=1S/C21H23FN4O/c1-16-2-7-19(12-20(16)22)24-21(27)15-26-10-8-25(9-11-26)14-18-5-3-17(13-23)4-6-18/h2-7,12H,8-11,14-15H2,1H3,(H,24,27). The van der Waals surface area contributed by atoms with E-state index in [-0.39, 0.29) is 11.7 Å². The van der Waals surface area contributed by atoms with Gasteiger partial charge in [0.05, 0.1) is 18.2 Å². The number of halogens is 1. The van der Waals surface area contributed by atoms with E-state index in [0.29, 0.717) is 23.4 Å². The zero-order valence-corrected chi connectivity index (χ0v) is 15.4. The Morgan fingerprint density at radius 2 is 1.78 bits per heavy atom. The lowest BCUT2D eigenvalue weighted by Gasteiger charge is -2.34. The quantitative estimate of drug-likeness (QED) is 0.884. The summed E-state index contributed by atoms with van der Waals surface area (Å²) in [6, 6.07) is 14.5. The maximum atomic E-state index is 13.6. The van der Waals surface area contributed by atoms with Crippen LogP contribution in [0.5, 0.6) is 0 Å². The van der Waals surface area contributed by atoms with E-state index in [1.54, 1.807) is 19.1 Å². The number of benzene rings is 2. The van der Waals surface area contributed by atoms with Gasteiger partial charge in [0.25, 0.3) is 0 Å². The van der Waals surface area contributed by atoms with Gasteiger partial charge in [-0.05, 0) is 42.3 Å². The number of rotatable bonds is 5. The number of amides is 1. The Morgan fingerprint density at radius 3 is 2.41 bits per heavy atom. The summed E-state index contributed by atoms with van der Waals surface area (Å²) < 4.78 is 13.6. The van der Waals surface area contributed by atoms with Crippen LogP contribution in [0.1, 0.15) is 16.7 Å². The van der Waals surface area contributed by atoms with Gasteiger partial charge in [-0.2, -0.15) is 5.26 Å². The average Bonchev–Trinajstić information content (AvgIpc) is 2.67. The molecule has 1 fully saturated rings. The van der Waals surface area contributed by atoms with Crippen molar-refractivity contribution in [2.24, 2.45) is 0 Å². The van der Waals surface area contributed by atoms with E-state index < -0.39 is 0 Å². The molecule has 5 nitrogen and oxygen atoms in total. The first-order valence-electron chi connectivity index (χ1n) is 9.03. The van der Waals surface area contributed by atoms with Crippen molar-refractivity contribution in [3.8, 4) is 6.07 Å². The molecular weight excluding hydrogens is 343 g/mol. The van der Waals surface area contributed by atoms with Crippen LogP contribution in [-0.4, -0.2) is 48.4 Å². The van der Waals surface area contributed by atoms with Crippen LogP contribution in [0.3, 0.4) is 0 Å². The van der Waals surface area contributed by atoms with Gasteiger partial charge in [-0.25, -0.2) is 4.39 Å². The third kappa shape index (κ3) is 5.36. The van der Waals surface area contributed by atoms with Crippen LogP contribution < -0.4 is 5.32 Å². The summed E-state index contributed by atoms with van der Waals surface area (Å²) in [4.78, 5) is 16.6. The Bertz CT molecular complexity index is 836. The number of hydrogen-bond acceptors (Lipinski definition) is 4. The van der Waals surface area contributed by atoms with Crippen molar-refractivity contribution in [2.45, 2.75) is 13.5 Å². The predicted molar refractivity (Wildman–Crippen MR) is 103 cm³/mol. The monoisotopic (exact) mass is 366 g/mol. The van der Waals surface area contributed by atoms with E-state index in [9.17, 15) is 9.18 Å². The lowest BCUT2D eigenvalue weighted by atomic mass is 10.1. The predicted octanol–water partition coefficient (Wildman–Crippen LogP) is 2.76. The highest BCUT2D eigenvalue weighted by Gasteiger charge is 2.19. The van der Waals surface area contributed by atoms with Gasteiger partial charge >= 0.3 is 0 Å². The van der Waals surface area contributed by atoms with Crippen molar-refractivity contribution in [3.63, 3.8) is 0 Å². The van der Waals surface area contributed by atoms with E-state index >= 15 is 0 Å². The number of piperazine rings is 1. The zero-order chi connectivity index (χ0) is 19.2. The van der Waals surface area contributed by atoms with Crippen molar-refractivity contribution >= 4 is 11.6 Å². The molecule has 1 aliphatic rings. The number of anilines is 1. The molecule has 0 atom stereocenters. The SMILES string of the molecule is Cc1ccc(NC(=O)CN2CCN(Cc3ccc(C#N)cc3)CC2)cc1F. The molecule has 1 heterocycles. The molecule has 0 aromatic heterocycles. The van der Waals surface area contributed by atoms with Gasteiger partial charge < -0.3 is 5.32 Å². The molecule has 0 saturated carbocycles. The molecule has 0 aliphatic carbocycles. The van der Waals surface area contributed by atoms with Gasteiger partial charge in [-0.3, -0.25) is 14.6 Å². The fourth-order valence-electron chi connectivity index (χ4n) is 3.12. The summed E-state index contributed by atoms with van der Waals surface area (Å²) in [6.45, 7) is 6.23. The smallest absolute Gasteiger partial charge is 0.238 e. The van der Waals surface area contributed by atoms with Gasteiger partial charge in [0.15, 0.2) is 0 Å². The zero-order valence-electron chi connectivity index (χ0n) is 15.4. The first-order chi connectivity index (χ1) is 13.0. The van der Waals surface area contributed by atoms with Crippen molar-refractivity contribution in [3.05, 3.63) is 65.0 Å². The number of carbonyl (C=O) groups is 1. The minimum Gasteiger partial charge on any atom is -0.325 e. The van der Waals surface area contributed by atoms with E-state index in [1.807, 2.05) is 24.3 Å². The largest absolute Gasteiger partial charge is 0.325 e. The summed E-state index contributed by atoms with van der Waals surface area (Å²) in [5, 5.41) is 11.6. The van der Waals surface area contributed by atoms with E-state index in [4.69, 9.17) is 5.26 Å². The van der Waals surface area contributed by atoms with Crippen molar-refractivity contribution in [2.75, 3.05) is 38.0 Å². The Balaban J connectivity index is 1.43. The molecule has 1 N–H and O–H groups in total. The Hall–Kier alpha value is -2.75. The van der Waals surface area contributed by atoms with Crippen LogP contribution in [0.15, 0.2) is 42.5 Å². The fraction of sp³-hybridized carbons (Fsp3) is 0.333. The molecular formula is C21H23FN4O. The Kier molecular flexibility index (Phi) is 6.17. The molecule has 0 radical (unpaired) electrons. The topological polar surface area (TPSA) is 59.4 Å². The maximum absolute atomic E-state index is 13.6. The number of nitrogens with one attached hydrogen (secondary N) is 1. The van der Waals surface area contributed by atoms with Crippen molar-refractivity contribution < 1.29 is 9.18 Å². The number of carbonyl (C=O) groups excluding carboxylic acids is 1. The molecule has 1 amide bonds. The van der Waals surface area contributed by atoms with Crippen LogP contribution in [0.25, 0.3) is 0 Å². The highest BCUT2D eigenvalue weighted by molar-refractivity contribution is 5.92.